The predicted molar refractivity (Wildman–Crippen MR) is 121 cm³/mol. The molecule has 0 radical (unpaired) electrons. The zero-order valence-electron chi connectivity index (χ0n) is 18.3. The summed E-state index contributed by atoms with van der Waals surface area (Å²) < 4.78 is 27.5. The first-order chi connectivity index (χ1) is 15.4. The van der Waals surface area contributed by atoms with Gasteiger partial charge in [0.25, 0.3) is 0 Å². The minimum atomic E-state index is -3.55. The van der Waals surface area contributed by atoms with Crippen molar-refractivity contribution in [3.05, 3.63) is 65.7 Å². The van der Waals surface area contributed by atoms with E-state index >= 15 is 0 Å². The van der Waals surface area contributed by atoms with E-state index in [1.807, 2.05) is 49.4 Å². The number of piperidine rings is 1. The first-order valence-corrected chi connectivity index (χ1v) is 12.6. The lowest BCUT2D eigenvalue weighted by Gasteiger charge is -2.41. The second-order valence-electron chi connectivity index (χ2n) is 8.34. The van der Waals surface area contributed by atoms with E-state index in [2.05, 4.69) is 0 Å². The molecule has 2 aromatic carbocycles. The van der Waals surface area contributed by atoms with Gasteiger partial charge in [0.2, 0.25) is 10.0 Å². The molecule has 2 aliphatic heterocycles. The van der Waals surface area contributed by atoms with E-state index in [1.54, 1.807) is 21.9 Å². The minimum Gasteiger partial charge on any atom is -0.330 e. The van der Waals surface area contributed by atoms with Crippen LogP contribution in [0.5, 0.6) is 0 Å². The topological polar surface area (TPSA) is 78.0 Å². The zero-order valence-corrected chi connectivity index (χ0v) is 19.1. The van der Waals surface area contributed by atoms with Crippen LogP contribution in [0.25, 0.3) is 0 Å². The molecule has 7 nitrogen and oxygen atoms in total. The van der Waals surface area contributed by atoms with Gasteiger partial charge in [0.1, 0.15) is 0 Å². The smallest absolute Gasteiger partial charge is 0.312 e. The summed E-state index contributed by atoms with van der Waals surface area (Å²) in [5.41, 5.74) is 2.09. The highest BCUT2D eigenvalue weighted by Crippen LogP contribution is 2.25. The first kappa shape index (κ1) is 22.5. The van der Waals surface area contributed by atoms with Crippen molar-refractivity contribution in [3.8, 4) is 0 Å². The number of hydrogen-bond acceptors (Lipinski definition) is 4. The van der Waals surface area contributed by atoms with Crippen LogP contribution in [-0.4, -0.2) is 66.6 Å². The molecule has 0 bridgehead atoms. The zero-order chi connectivity index (χ0) is 22.7. The Bertz CT molecular complexity index is 1060. The molecule has 2 heterocycles. The van der Waals surface area contributed by atoms with Gasteiger partial charge in [-0.3, -0.25) is 9.59 Å². The normalized spacial score (nSPS) is 18.9. The van der Waals surface area contributed by atoms with E-state index in [9.17, 15) is 18.0 Å². The third-order valence-electron chi connectivity index (χ3n) is 6.39. The molecule has 2 amide bonds. The summed E-state index contributed by atoms with van der Waals surface area (Å²) in [6, 6.07) is 16.5. The SMILES string of the molecule is CCc1ccc(S(=O)(=O)N2CCC(N3CCN(Cc4ccccc4)C(=O)C3=O)CC2)cc1. The molecule has 0 atom stereocenters. The summed E-state index contributed by atoms with van der Waals surface area (Å²) >= 11 is 0. The summed E-state index contributed by atoms with van der Waals surface area (Å²) in [5, 5.41) is 0. The average Bonchev–Trinajstić information content (AvgIpc) is 2.83. The molecule has 0 unspecified atom stereocenters. The summed E-state index contributed by atoms with van der Waals surface area (Å²) in [5.74, 6) is -0.963. The van der Waals surface area contributed by atoms with Gasteiger partial charge in [-0.1, -0.05) is 49.4 Å². The number of nitrogens with zero attached hydrogens (tertiary/aromatic N) is 3. The minimum absolute atomic E-state index is 0.112. The Morgan fingerprint density at radius 2 is 1.47 bits per heavy atom. The Balaban J connectivity index is 1.36. The standard InChI is InChI=1S/C24H29N3O4S/c1-2-19-8-10-22(11-9-19)32(30,31)26-14-12-21(13-15-26)27-17-16-25(23(28)24(27)29)18-20-6-4-3-5-7-20/h3-11,21H,2,12-18H2,1H3. The van der Waals surface area contributed by atoms with E-state index < -0.39 is 21.8 Å². The summed E-state index contributed by atoms with van der Waals surface area (Å²) in [7, 11) is -3.55. The van der Waals surface area contributed by atoms with Crippen LogP contribution in [-0.2, 0) is 32.6 Å². The van der Waals surface area contributed by atoms with E-state index in [0.29, 0.717) is 50.5 Å². The van der Waals surface area contributed by atoms with Crippen LogP contribution >= 0.6 is 0 Å². The molecule has 4 rings (SSSR count). The molecular formula is C24H29N3O4S. The second-order valence-corrected chi connectivity index (χ2v) is 10.3. The van der Waals surface area contributed by atoms with Crippen LogP contribution in [0.2, 0.25) is 0 Å². The number of sulfonamides is 1. The summed E-state index contributed by atoms with van der Waals surface area (Å²) in [6.07, 6.45) is 1.92. The maximum Gasteiger partial charge on any atom is 0.312 e. The molecule has 2 aliphatic rings. The monoisotopic (exact) mass is 455 g/mol. The van der Waals surface area contributed by atoms with Crippen LogP contribution in [0.15, 0.2) is 59.5 Å². The van der Waals surface area contributed by atoms with E-state index in [4.69, 9.17) is 0 Å². The lowest BCUT2D eigenvalue weighted by Crippen LogP contribution is -2.58. The third-order valence-corrected chi connectivity index (χ3v) is 8.30. The first-order valence-electron chi connectivity index (χ1n) is 11.1. The van der Waals surface area contributed by atoms with E-state index in [0.717, 1.165) is 17.5 Å². The third kappa shape index (κ3) is 4.56. The molecule has 0 spiro atoms. The fourth-order valence-electron chi connectivity index (χ4n) is 4.43. The van der Waals surface area contributed by atoms with Gasteiger partial charge < -0.3 is 9.80 Å². The Hall–Kier alpha value is -2.71. The van der Waals surface area contributed by atoms with Crippen molar-refractivity contribution in [1.82, 2.24) is 14.1 Å². The van der Waals surface area contributed by atoms with Gasteiger partial charge in [-0.2, -0.15) is 4.31 Å². The molecule has 2 fully saturated rings. The van der Waals surface area contributed by atoms with Crippen molar-refractivity contribution in [2.75, 3.05) is 26.2 Å². The number of aryl methyl sites for hydroxylation is 1. The fraction of sp³-hybridized carbons (Fsp3) is 0.417. The van der Waals surface area contributed by atoms with Gasteiger partial charge in [0, 0.05) is 38.8 Å². The highest BCUT2D eigenvalue weighted by atomic mass is 32.2. The van der Waals surface area contributed by atoms with Crippen molar-refractivity contribution in [2.45, 2.75) is 43.7 Å². The van der Waals surface area contributed by atoms with Crippen LogP contribution in [0.4, 0.5) is 0 Å². The van der Waals surface area contributed by atoms with Crippen molar-refractivity contribution in [2.24, 2.45) is 0 Å². The van der Waals surface area contributed by atoms with Crippen molar-refractivity contribution in [3.63, 3.8) is 0 Å². The van der Waals surface area contributed by atoms with Crippen LogP contribution < -0.4 is 0 Å². The maximum atomic E-state index is 13.0. The molecular weight excluding hydrogens is 426 g/mol. The molecule has 2 saturated heterocycles. The molecule has 0 aliphatic carbocycles. The Morgan fingerprint density at radius 3 is 2.09 bits per heavy atom. The van der Waals surface area contributed by atoms with Gasteiger partial charge in [0.15, 0.2) is 0 Å². The van der Waals surface area contributed by atoms with Crippen LogP contribution in [0.1, 0.15) is 30.9 Å². The van der Waals surface area contributed by atoms with Gasteiger partial charge >= 0.3 is 11.8 Å². The highest BCUT2D eigenvalue weighted by molar-refractivity contribution is 7.89. The summed E-state index contributed by atoms with van der Waals surface area (Å²) in [6.45, 7) is 4.10. The lowest BCUT2D eigenvalue weighted by molar-refractivity contribution is -0.158. The number of hydrogen-bond donors (Lipinski definition) is 0. The fourth-order valence-corrected chi connectivity index (χ4v) is 5.90. The van der Waals surface area contributed by atoms with Gasteiger partial charge in [-0.25, -0.2) is 8.42 Å². The predicted octanol–water partition coefficient (Wildman–Crippen LogP) is 2.27. The highest BCUT2D eigenvalue weighted by Gasteiger charge is 2.39. The molecule has 8 heteroatoms. The number of carbonyl (C=O) groups excluding carboxylic acids is 2. The Labute approximate surface area is 189 Å². The van der Waals surface area contributed by atoms with Gasteiger partial charge in [-0.05, 0) is 42.5 Å². The molecule has 0 N–H and O–H groups in total. The molecule has 2 aromatic rings. The van der Waals surface area contributed by atoms with Crippen molar-refractivity contribution >= 4 is 21.8 Å². The average molecular weight is 456 g/mol. The van der Waals surface area contributed by atoms with Crippen LogP contribution in [0, 0.1) is 0 Å². The van der Waals surface area contributed by atoms with Crippen molar-refractivity contribution < 1.29 is 18.0 Å². The summed E-state index contributed by atoms with van der Waals surface area (Å²) in [4.78, 5) is 29.0. The lowest BCUT2D eigenvalue weighted by atomic mass is 10.0. The van der Waals surface area contributed by atoms with Gasteiger partial charge in [0.05, 0.1) is 4.90 Å². The van der Waals surface area contributed by atoms with Gasteiger partial charge in [-0.15, -0.1) is 0 Å². The molecule has 32 heavy (non-hydrogen) atoms. The Morgan fingerprint density at radius 1 is 0.812 bits per heavy atom. The second kappa shape index (κ2) is 9.42. The van der Waals surface area contributed by atoms with E-state index in [-0.39, 0.29) is 6.04 Å². The quantitative estimate of drug-likeness (QED) is 0.626. The molecule has 0 aromatic heterocycles. The largest absolute Gasteiger partial charge is 0.330 e. The number of amides is 2. The van der Waals surface area contributed by atoms with Crippen LogP contribution in [0.3, 0.4) is 0 Å². The maximum absolute atomic E-state index is 13.0. The number of benzene rings is 2. The van der Waals surface area contributed by atoms with E-state index in [1.165, 1.54) is 4.31 Å². The van der Waals surface area contributed by atoms with Crippen molar-refractivity contribution in [1.29, 1.82) is 0 Å². The number of carbonyl (C=O) groups is 2. The molecule has 170 valence electrons. The number of piperazine rings is 1. The molecule has 0 saturated carbocycles. The Kier molecular flexibility index (Phi) is 6.62. The number of rotatable bonds is 6.